The van der Waals surface area contributed by atoms with Gasteiger partial charge in [-0.1, -0.05) is 34.1 Å². The van der Waals surface area contributed by atoms with Crippen molar-refractivity contribution in [2.45, 2.75) is 6.92 Å². The zero-order valence-electron chi connectivity index (χ0n) is 9.24. The first kappa shape index (κ1) is 13.4. The molecule has 4 nitrogen and oxygen atoms in total. The summed E-state index contributed by atoms with van der Waals surface area (Å²) in [5, 5.41) is 11.5. The quantitative estimate of drug-likeness (QED) is 0.836. The van der Waals surface area contributed by atoms with Crippen LogP contribution in [0.25, 0.3) is 6.08 Å². The van der Waals surface area contributed by atoms with Gasteiger partial charge in [-0.15, -0.1) is 0 Å². The first-order valence-corrected chi connectivity index (χ1v) is 5.73. The zero-order chi connectivity index (χ0) is 12.8. The Bertz CT molecular complexity index is 469. The Balaban J connectivity index is 2.94. The SMILES string of the molecule is CC(=O)NC/C(=C\c1ccccc1Br)C(=O)O. The molecule has 0 aliphatic carbocycles. The van der Waals surface area contributed by atoms with Gasteiger partial charge in [0.25, 0.3) is 0 Å². The molecule has 0 aromatic heterocycles. The molecule has 90 valence electrons. The maximum atomic E-state index is 11.0. The van der Waals surface area contributed by atoms with Crippen LogP contribution in [-0.4, -0.2) is 23.5 Å². The van der Waals surface area contributed by atoms with Crippen molar-refractivity contribution in [2.75, 3.05) is 6.54 Å². The second-order valence-corrected chi connectivity index (χ2v) is 4.26. The van der Waals surface area contributed by atoms with Gasteiger partial charge in [0.2, 0.25) is 5.91 Å². The third-order valence-electron chi connectivity index (χ3n) is 2.04. The van der Waals surface area contributed by atoms with Crippen molar-refractivity contribution in [3.05, 3.63) is 39.9 Å². The van der Waals surface area contributed by atoms with Crippen molar-refractivity contribution in [2.24, 2.45) is 0 Å². The van der Waals surface area contributed by atoms with E-state index >= 15 is 0 Å². The fourth-order valence-corrected chi connectivity index (χ4v) is 1.59. The summed E-state index contributed by atoms with van der Waals surface area (Å²) < 4.78 is 0.807. The minimum Gasteiger partial charge on any atom is -0.478 e. The molecule has 1 aromatic carbocycles. The number of hydrogen-bond acceptors (Lipinski definition) is 2. The predicted octanol–water partition coefficient (Wildman–Crippen LogP) is 2.05. The number of hydrogen-bond donors (Lipinski definition) is 2. The molecule has 0 saturated heterocycles. The van der Waals surface area contributed by atoms with E-state index in [1.165, 1.54) is 13.0 Å². The third-order valence-corrected chi connectivity index (χ3v) is 2.76. The average Bonchev–Trinajstić information content (AvgIpc) is 2.25. The monoisotopic (exact) mass is 297 g/mol. The van der Waals surface area contributed by atoms with Crippen molar-refractivity contribution in [1.82, 2.24) is 5.32 Å². The number of amides is 1. The van der Waals surface area contributed by atoms with E-state index < -0.39 is 5.97 Å². The van der Waals surface area contributed by atoms with E-state index in [-0.39, 0.29) is 18.0 Å². The maximum absolute atomic E-state index is 11.0. The molecule has 0 saturated carbocycles. The summed E-state index contributed by atoms with van der Waals surface area (Å²) in [6.45, 7) is 1.35. The number of benzene rings is 1. The van der Waals surface area contributed by atoms with Gasteiger partial charge >= 0.3 is 5.97 Å². The van der Waals surface area contributed by atoms with Crippen LogP contribution < -0.4 is 5.32 Å². The second kappa shape index (κ2) is 6.20. The van der Waals surface area contributed by atoms with E-state index in [1.807, 2.05) is 18.2 Å². The molecule has 0 atom stereocenters. The minimum absolute atomic E-state index is 0.00595. The maximum Gasteiger partial charge on any atom is 0.333 e. The molecular weight excluding hydrogens is 286 g/mol. The smallest absolute Gasteiger partial charge is 0.333 e. The molecule has 0 bridgehead atoms. The Labute approximate surface area is 107 Å². The number of carbonyl (C=O) groups is 2. The second-order valence-electron chi connectivity index (χ2n) is 3.41. The van der Waals surface area contributed by atoms with Gasteiger partial charge in [-0.3, -0.25) is 4.79 Å². The summed E-state index contributed by atoms with van der Waals surface area (Å²) in [4.78, 5) is 21.7. The lowest BCUT2D eigenvalue weighted by Crippen LogP contribution is -2.25. The first-order valence-electron chi connectivity index (χ1n) is 4.93. The summed E-state index contributed by atoms with van der Waals surface area (Å²) in [7, 11) is 0. The van der Waals surface area contributed by atoms with Gasteiger partial charge in [0, 0.05) is 17.9 Å². The van der Waals surface area contributed by atoms with Crippen molar-refractivity contribution in [3.8, 4) is 0 Å². The van der Waals surface area contributed by atoms with Gasteiger partial charge in [-0.2, -0.15) is 0 Å². The van der Waals surface area contributed by atoms with E-state index in [9.17, 15) is 9.59 Å². The molecule has 0 heterocycles. The standard InChI is InChI=1S/C12H12BrNO3/c1-8(15)14-7-10(12(16)17)6-9-4-2-3-5-11(9)13/h2-6H,7H2,1H3,(H,14,15)(H,16,17)/b10-6+. The number of carboxylic acid groups (broad SMARTS) is 1. The molecule has 0 radical (unpaired) electrons. The zero-order valence-corrected chi connectivity index (χ0v) is 10.8. The molecule has 0 aliphatic heterocycles. The molecule has 1 rings (SSSR count). The molecule has 0 unspecified atom stereocenters. The number of rotatable bonds is 4. The topological polar surface area (TPSA) is 66.4 Å². The summed E-state index contributed by atoms with van der Waals surface area (Å²) in [5.74, 6) is -1.31. The van der Waals surface area contributed by atoms with Crippen LogP contribution in [-0.2, 0) is 9.59 Å². The Morgan fingerprint density at radius 2 is 2.06 bits per heavy atom. The van der Waals surface area contributed by atoms with E-state index in [0.717, 1.165) is 10.0 Å². The van der Waals surface area contributed by atoms with Gasteiger partial charge in [-0.25, -0.2) is 4.79 Å². The molecular formula is C12H12BrNO3. The fourth-order valence-electron chi connectivity index (χ4n) is 1.19. The van der Waals surface area contributed by atoms with Crippen molar-refractivity contribution in [1.29, 1.82) is 0 Å². The van der Waals surface area contributed by atoms with Crippen LogP contribution in [0.3, 0.4) is 0 Å². The van der Waals surface area contributed by atoms with Crippen molar-refractivity contribution < 1.29 is 14.7 Å². The van der Waals surface area contributed by atoms with Gasteiger partial charge < -0.3 is 10.4 Å². The lowest BCUT2D eigenvalue weighted by molar-refractivity contribution is -0.132. The van der Waals surface area contributed by atoms with Crippen molar-refractivity contribution >= 4 is 33.9 Å². The van der Waals surface area contributed by atoms with Crippen LogP contribution in [0.5, 0.6) is 0 Å². The molecule has 17 heavy (non-hydrogen) atoms. The summed E-state index contributed by atoms with van der Waals surface area (Å²) >= 11 is 3.33. The number of carboxylic acids is 1. The third kappa shape index (κ3) is 4.40. The highest BCUT2D eigenvalue weighted by molar-refractivity contribution is 9.10. The number of carbonyl (C=O) groups excluding carboxylic acids is 1. The summed E-state index contributed by atoms with van der Waals surface area (Å²) in [6.07, 6.45) is 1.53. The number of aliphatic carboxylic acids is 1. The summed E-state index contributed by atoms with van der Waals surface area (Å²) in [6, 6.07) is 7.27. The van der Waals surface area contributed by atoms with Gasteiger partial charge in [0.15, 0.2) is 0 Å². The normalized spacial score (nSPS) is 11.1. The van der Waals surface area contributed by atoms with Gasteiger partial charge in [0.05, 0.1) is 5.57 Å². The molecule has 2 N–H and O–H groups in total. The van der Waals surface area contributed by atoms with Crippen LogP contribution in [0.1, 0.15) is 12.5 Å². The molecule has 1 amide bonds. The van der Waals surface area contributed by atoms with E-state index in [4.69, 9.17) is 5.11 Å². The first-order chi connectivity index (χ1) is 8.00. The lowest BCUT2D eigenvalue weighted by atomic mass is 10.1. The van der Waals surface area contributed by atoms with Crippen LogP contribution in [0.2, 0.25) is 0 Å². The minimum atomic E-state index is -1.05. The van der Waals surface area contributed by atoms with Crippen LogP contribution in [0, 0.1) is 0 Å². The van der Waals surface area contributed by atoms with Crippen molar-refractivity contribution in [3.63, 3.8) is 0 Å². The van der Waals surface area contributed by atoms with Gasteiger partial charge in [-0.05, 0) is 17.7 Å². The molecule has 0 spiro atoms. The largest absolute Gasteiger partial charge is 0.478 e. The fraction of sp³-hybridized carbons (Fsp3) is 0.167. The molecule has 0 fully saturated rings. The van der Waals surface area contributed by atoms with Gasteiger partial charge in [0.1, 0.15) is 0 Å². The Hall–Kier alpha value is -1.62. The predicted molar refractivity (Wildman–Crippen MR) is 68.4 cm³/mol. The van der Waals surface area contributed by atoms with E-state index in [1.54, 1.807) is 6.07 Å². The number of halogens is 1. The Morgan fingerprint density at radius 3 is 2.59 bits per heavy atom. The van der Waals surface area contributed by atoms with E-state index in [0.29, 0.717) is 0 Å². The molecule has 1 aromatic rings. The highest BCUT2D eigenvalue weighted by Crippen LogP contribution is 2.18. The average molecular weight is 298 g/mol. The number of nitrogens with one attached hydrogen (secondary N) is 1. The highest BCUT2D eigenvalue weighted by atomic mass is 79.9. The Morgan fingerprint density at radius 1 is 1.41 bits per heavy atom. The molecule has 5 heteroatoms. The summed E-state index contributed by atoms with van der Waals surface area (Å²) in [5.41, 5.74) is 0.891. The molecule has 0 aliphatic rings. The highest BCUT2D eigenvalue weighted by Gasteiger charge is 2.08. The lowest BCUT2D eigenvalue weighted by Gasteiger charge is -2.04. The van der Waals surface area contributed by atoms with Crippen LogP contribution in [0.15, 0.2) is 34.3 Å². The Kier molecular flexibility index (Phi) is 4.90. The van der Waals surface area contributed by atoms with Crippen LogP contribution >= 0.6 is 15.9 Å². The van der Waals surface area contributed by atoms with Crippen LogP contribution in [0.4, 0.5) is 0 Å². The van der Waals surface area contributed by atoms with E-state index in [2.05, 4.69) is 21.2 Å².